The van der Waals surface area contributed by atoms with Crippen molar-refractivity contribution in [3.05, 3.63) is 48.6 Å². The summed E-state index contributed by atoms with van der Waals surface area (Å²) in [6, 6.07) is 8.02. The van der Waals surface area contributed by atoms with E-state index in [1.54, 1.807) is 0 Å². The van der Waals surface area contributed by atoms with Crippen LogP contribution >= 0.6 is 0 Å². The third kappa shape index (κ3) is 2.44. The van der Waals surface area contributed by atoms with Crippen LogP contribution in [0, 0.1) is 0 Å². The van der Waals surface area contributed by atoms with Crippen LogP contribution in [0.1, 0.15) is 11.1 Å². The van der Waals surface area contributed by atoms with Crippen LogP contribution in [0.15, 0.2) is 37.4 Å². The fourth-order valence-electron chi connectivity index (χ4n) is 0.883. The molecule has 0 amide bonds. The molecule has 0 heterocycles. The summed E-state index contributed by atoms with van der Waals surface area (Å²) in [5.41, 5.74) is 2.27. The largest absolute Gasteiger partial charge is 0.0984 e. The molecule has 0 fully saturated rings. The van der Waals surface area contributed by atoms with Gasteiger partial charge in [0.25, 0.3) is 0 Å². The van der Waals surface area contributed by atoms with Crippen LogP contribution in [0.3, 0.4) is 0 Å². The maximum Gasteiger partial charge on any atom is 0 e. The molecule has 0 N–H and O–H groups in total. The van der Waals surface area contributed by atoms with Crippen molar-refractivity contribution in [3.8, 4) is 0 Å². The second kappa shape index (κ2) is 5.04. The van der Waals surface area contributed by atoms with Crippen LogP contribution in [0.4, 0.5) is 0 Å². The first-order valence-corrected chi connectivity index (χ1v) is 3.22. The van der Waals surface area contributed by atoms with Gasteiger partial charge in [-0.25, -0.2) is 0 Å². The number of benzene rings is 1. The second-order valence-corrected chi connectivity index (χ2v) is 2.04. The van der Waals surface area contributed by atoms with Crippen molar-refractivity contribution in [1.29, 1.82) is 0 Å². The fourth-order valence-corrected chi connectivity index (χ4v) is 0.883. The summed E-state index contributed by atoms with van der Waals surface area (Å²) >= 11 is 0. The Morgan fingerprint density at radius 3 is 1.55 bits per heavy atom. The van der Waals surface area contributed by atoms with Crippen molar-refractivity contribution in [2.24, 2.45) is 0 Å². The first-order chi connectivity index (χ1) is 4.88. The molecule has 0 aliphatic rings. The Labute approximate surface area is 80.4 Å². The monoisotopic (exact) mass is 194 g/mol. The zero-order valence-electron chi connectivity index (χ0n) is 6.59. The molecule has 0 aliphatic carbocycles. The van der Waals surface area contributed by atoms with Crippen molar-refractivity contribution >= 4 is 12.2 Å². The summed E-state index contributed by atoms with van der Waals surface area (Å²) in [6.45, 7) is 7.38. The normalized spacial score (nSPS) is 8.00. The van der Waals surface area contributed by atoms with Crippen molar-refractivity contribution in [3.63, 3.8) is 0 Å². The first-order valence-electron chi connectivity index (χ1n) is 3.22. The first kappa shape index (κ1) is 10.3. The van der Waals surface area contributed by atoms with Gasteiger partial charge in [0.05, 0.1) is 0 Å². The molecule has 0 unspecified atom stereocenters. The van der Waals surface area contributed by atoms with E-state index in [4.69, 9.17) is 0 Å². The summed E-state index contributed by atoms with van der Waals surface area (Å²) in [5, 5.41) is 0. The summed E-state index contributed by atoms with van der Waals surface area (Å²) in [5.74, 6) is 0. The average molecular weight is 196 g/mol. The smallest absolute Gasteiger partial charge is 0 e. The van der Waals surface area contributed by atoms with E-state index in [9.17, 15) is 0 Å². The van der Waals surface area contributed by atoms with E-state index in [0.717, 1.165) is 11.1 Å². The quantitative estimate of drug-likeness (QED) is 0.637. The summed E-state index contributed by atoms with van der Waals surface area (Å²) in [4.78, 5) is 0. The van der Waals surface area contributed by atoms with Crippen LogP contribution in [-0.2, 0) is 19.5 Å². The molecule has 0 bridgehead atoms. The van der Waals surface area contributed by atoms with Gasteiger partial charge in [-0.2, -0.15) is 0 Å². The molecule has 1 aromatic carbocycles. The third-order valence-electron chi connectivity index (χ3n) is 1.44. The maximum atomic E-state index is 3.69. The minimum atomic E-state index is 0. The Bertz CT molecular complexity index is 224. The van der Waals surface area contributed by atoms with Crippen molar-refractivity contribution in [2.75, 3.05) is 0 Å². The Balaban J connectivity index is 0.000001000. The summed E-state index contributed by atoms with van der Waals surface area (Å²) < 4.78 is 0. The van der Waals surface area contributed by atoms with Crippen LogP contribution < -0.4 is 0 Å². The maximum absolute atomic E-state index is 3.69. The molecule has 0 nitrogen and oxygen atoms in total. The molecule has 1 aromatic rings. The van der Waals surface area contributed by atoms with Gasteiger partial charge >= 0.3 is 0 Å². The molecular formula is C10H10Zn. The van der Waals surface area contributed by atoms with Gasteiger partial charge in [-0.05, 0) is 11.1 Å². The van der Waals surface area contributed by atoms with E-state index in [1.807, 2.05) is 36.4 Å². The molecule has 1 rings (SSSR count). The predicted molar refractivity (Wildman–Crippen MR) is 46.6 cm³/mol. The van der Waals surface area contributed by atoms with Gasteiger partial charge in [-0.1, -0.05) is 49.6 Å². The fraction of sp³-hybridized carbons (Fsp3) is 0. The standard InChI is InChI=1S/C10H10.Zn/c1-3-9-7-5-6-8-10(9)4-2;/h3-8H,1-2H2;. The predicted octanol–water partition coefficient (Wildman–Crippen LogP) is 2.97. The van der Waals surface area contributed by atoms with E-state index < -0.39 is 0 Å². The molecule has 0 saturated heterocycles. The zero-order chi connectivity index (χ0) is 7.40. The topological polar surface area (TPSA) is 0 Å². The Hall–Kier alpha value is -0.677. The number of hydrogen-bond donors (Lipinski definition) is 0. The van der Waals surface area contributed by atoms with Gasteiger partial charge in [0.1, 0.15) is 0 Å². The van der Waals surface area contributed by atoms with Crippen LogP contribution in [0.25, 0.3) is 12.2 Å². The molecule has 11 heavy (non-hydrogen) atoms. The SMILES string of the molecule is C=Cc1ccccc1C=C.[Zn]. The van der Waals surface area contributed by atoms with Crippen molar-refractivity contribution < 1.29 is 19.5 Å². The molecule has 0 spiro atoms. The van der Waals surface area contributed by atoms with Crippen molar-refractivity contribution in [2.45, 2.75) is 0 Å². The Morgan fingerprint density at radius 1 is 0.909 bits per heavy atom. The molecule has 0 saturated carbocycles. The van der Waals surface area contributed by atoms with Crippen LogP contribution in [-0.4, -0.2) is 0 Å². The second-order valence-electron chi connectivity index (χ2n) is 2.04. The van der Waals surface area contributed by atoms with E-state index in [2.05, 4.69) is 13.2 Å². The van der Waals surface area contributed by atoms with E-state index >= 15 is 0 Å². The van der Waals surface area contributed by atoms with Gasteiger partial charge in [0, 0.05) is 19.5 Å². The van der Waals surface area contributed by atoms with E-state index in [1.165, 1.54) is 0 Å². The van der Waals surface area contributed by atoms with Gasteiger partial charge in [-0.3, -0.25) is 0 Å². The molecule has 0 aromatic heterocycles. The molecule has 0 atom stereocenters. The van der Waals surface area contributed by atoms with E-state index in [-0.39, 0.29) is 19.5 Å². The van der Waals surface area contributed by atoms with Gasteiger partial charge in [0.15, 0.2) is 0 Å². The van der Waals surface area contributed by atoms with Gasteiger partial charge in [0.2, 0.25) is 0 Å². The summed E-state index contributed by atoms with van der Waals surface area (Å²) in [7, 11) is 0. The molecular weight excluding hydrogens is 185 g/mol. The zero-order valence-corrected chi connectivity index (χ0v) is 9.55. The Kier molecular flexibility index (Phi) is 4.73. The molecule has 0 aliphatic heterocycles. The summed E-state index contributed by atoms with van der Waals surface area (Å²) in [6.07, 6.45) is 3.66. The van der Waals surface area contributed by atoms with E-state index in [0.29, 0.717) is 0 Å². The minimum absolute atomic E-state index is 0. The average Bonchev–Trinajstić information content (AvgIpc) is 2.04. The number of hydrogen-bond acceptors (Lipinski definition) is 0. The molecule has 1 heteroatoms. The van der Waals surface area contributed by atoms with Gasteiger partial charge in [-0.15, -0.1) is 0 Å². The number of rotatable bonds is 2. The van der Waals surface area contributed by atoms with Crippen LogP contribution in [0.5, 0.6) is 0 Å². The third-order valence-corrected chi connectivity index (χ3v) is 1.44. The van der Waals surface area contributed by atoms with Crippen molar-refractivity contribution in [1.82, 2.24) is 0 Å². The molecule has 52 valence electrons. The van der Waals surface area contributed by atoms with Gasteiger partial charge < -0.3 is 0 Å². The Morgan fingerprint density at radius 2 is 1.27 bits per heavy atom. The minimum Gasteiger partial charge on any atom is -0.0984 e. The van der Waals surface area contributed by atoms with Crippen LogP contribution in [0.2, 0.25) is 0 Å². The molecule has 0 radical (unpaired) electrons.